The molecule has 0 aromatic carbocycles. The molecule has 0 aromatic heterocycles. The van der Waals surface area contributed by atoms with E-state index in [0.29, 0.717) is 12.8 Å². The molecule has 38 heavy (non-hydrogen) atoms. The zero-order valence-corrected chi connectivity index (χ0v) is 24.7. The van der Waals surface area contributed by atoms with Gasteiger partial charge in [-0.3, -0.25) is 4.79 Å². The third-order valence-electron chi connectivity index (χ3n) is 6.54. The minimum atomic E-state index is -0.681. The first-order valence-electron chi connectivity index (χ1n) is 15.5. The number of rotatable bonds is 26. The second-order valence-corrected chi connectivity index (χ2v) is 10.1. The second kappa shape index (κ2) is 29.6. The summed E-state index contributed by atoms with van der Waals surface area (Å²) < 4.78 is 0. The highest BCUT2D eigenvalue weighted by Gasteiger charge is 2.19. The maximum Gasteiger partial charge on any atom is 0.220 e. The number of allylic oxidation sites excluding steroid dienone is 10. The fourth-order valence-electron chi connectivity index (χ4n) is 4.16. The zero-order valence-electron chi connectivity index (χ0n) is 24.7. The van der Waals surface area contributed by atoms with Crippen molar-refractivity contribution in [3.05, 3.63) is 60.8 Å². The summed E-state index contributed by atoms with van der Waals surface area (Å²) in [4.78, 5) is 12.2. The second-order valence-electron chi connectivity index (χ2n) is 10.1. The van der Waals surface area contributed by atoms with E-state index < -0.39 is 12.1 Å². The molecule has 0 spiro atoms. The van der Waals surface area contributed by atoms with Gasteiger partial charge in [0.15, 0.2) is 0 Å². The summed E-state index contributed by atoms with van der Waals surface area (Å²) in [5.74, 6) is -0.0949. The van der Waals surface area contributed by atoms with Crippen LogP contribution in [0.2, 0.25) is 0 Å². The monoisotopic (exact) mass is 529 g/mol. The number of hydrogen-bond acceptors (Lipinski definition) is 3. The van der Waals surface area contributed by atoms with E-state index >= 15 is 0 Å². The lowest BCUT2D eigenvalue weighted by atomic mass is 10.0. The van der Waals surface area contributed by atoms with Gasteiger partial charge in [-0.2, -0.15) is 0 Å². The third kappa shape index (κ3) is 25.7. The molecule has 0 heterocycles. The van der Waals surface area contributed by atoms with E-state index in [1.807, 2.05) is 0 Å². The van der Waals surface area contributed by atoms with Crippen LogP contribution in [0.5, 0.6) is 0 Å². The molecule has 0 radical (unpaired) electrons. The summed E-state index contributed by atoms with van der Waals surface area (Å²) >= 11 is 0. The topological polar surface area (TPSA) is 69.6 Å². The van der Waals surface area contributed by atoms with Crippen molar-refractivity contribution in [1.82, 2.24) is 5.32 Å². The summed E-state index contributed by atoms with van der Waals surface area (Å²) in [6, 6.07) is -0.565. The highest BCUT2D eigenvalue weighted by molar-refractivity contribution is 5.76. The summed E-state index contributed by atoms with van der Waals surface area (Å²) in [6.07, 6.45) is 39.8. The van der Waals surface area contributed by atoms with E-state index in [4.69, 9.17) is 0 Å². The van der Waals surface area contributed by atoms with Crippen molar-refractivity contribution in [2.75, 3.05) is 6.61 Å². The van der Waals surface area contributed by atoms with Crippen LogP contribution in [0.15, 0.2) is 60.8 Å². The van der Waals surface area contributed by atoms with Crippen LogP contribution in [0.25, 0.3) is 0 Å². The Morgan fingerprint density at radius 2 is 1.13 bits per heavy atom. The van der Waals surface area contributed by atoms with E-state index in [0.717, 1.165) is 57.8 Å². The molecule has 4 nitrogen and oxygen atoms in total. The zero-order chi connectivity index (χ0) is 27.9. The molecule has 2 unspecified atom stereocenters. The molecule has 0 saturated heterocycles. The Kier molecular flexibility index (Phi) is 28.2. The maximum atomic E-state index is 12.2. The Hall–Kier alpha value is -1.91. The van der Waals surface area contributed by atoms with Gasteiger partial charge in [0.25, 0.3) is 0 Å². The summed E-state index contributed by atoms with van der Waals surface area (Å²) in [5.41, 5.74) is 0. The molecular formula is C34H59NO3. The van der Waals surface area contributed by atoms with Crippen molar-refractivity contribution in [1.29, 1.82) is 0 Å². The highest BCUT2D eigenvalue weighted by Crippen LogP contribution is 2.13. The number of carbonyl (C=O) groups excluding carboxylic acids is 1. The predicted octanol–water partition coefficient (Wildman–Crippen LogP) is 8.67. The van der Waals surface area contributed by atoms with Crippen molar-refractivity contribution in [3.8, 4) is 0 Å². The lowest BCUT2D eigenvalue weighted by molar-refractivity contribution is -0.123. The molecular weight excluding hydrogens is 470 g/mol. The quantitative estimate of drug-likeness (QED) is 0.0775. The Morgan fingerprint density at radius 3 is 1.63 bits per heavy atom. The van der Waals surface area contributed by atoms with Gasteiger partial charge in [-0.1, -0.05) is 132 Å². The number of aliphatic hydroxyl groups is 2. The smallest absolute Gasteiger partial charge is 0.220 e. The number of carbonyl (C=O) groups is 1. The fourth-order valence-corrected chi connectivity index (χ4v) is 4.16. The van der Waals surface area contributed by atoms with Crippen LogP contribution < -0.4 is 5.32 Å². The molecule has 0 rings (SSSR count). The number of unbranched alkanes of at least 4 members (excludes halogenated alkanes) is 9. The lowest BCUT2D eigenvalue weighted by Crippen LogP contribution is -2.45. The first-order chi connectivity index (χ1) is 18.7. The molecule has 4 heteroatoms. The molecule has 218 valence electrons. The standard InChI is InChI=1S/C34H59NO3/c1-3-5-7-9-11-13-14-15-16-17-18-19-20-22-24-26-28-30-34(38)35-32(31-36)33(37)29-27-25-23-21-12-10-8-6-4-2/h5,7,11,13,15-16,18-19,22,24,32-33,36-37H,3-4,6,8-10,12,14,17,20-21,23,25-31H2,1-2H3,(H,35,38)/b7-5-,13-11-,16-15-,19-18-,24-22-. The Bertz CT molecular complexity index is 663. The molecule has 0 aromatic rings. The van der Waals surface area contributed by atoms with Crippen molar-refractivity contribution in [3.63, 3.8) is 0 Å². The van der Waals surface area contributed by atoms with Crippen LogP contribution in [0.3, 0.4) is 0 Å². The first kappa shape index (κ1) is 36.1. The average molecular weight is 530 g/mol. The van der Waals surface area contributed by atoms with Crippen LogP contribution in [-0.2, 0) is 4.79 Å². The average Bonchev–Trinajstić information content (AvgIpc) is 2.92. The van der Waals surface area contributed by atoms with Crippen molar-refractivity contribution in [2.45, 2.75) is 142 Å². The number of amides is 1. The van der Waals surface area contributed by atoms with Crippen LogP contribution in [-0.4, -0.2) is 34.9 Å². The summed E-state index contributed by atoms with van der Waals surface area (Å²) in [7, 11) is 0. The number of hydrogen-bond donors (Lipinski definition) is 3. The van der Waals surface area contributed by atoms with E-state index in [9.17, 15) is 15.0 Å². The van der Waals surface area contributed by atoms with E-state index in [1.165, 1.54) is 44.9 Å². The van der Waals surface area contributed by atoms with E-state index in [1.54, 1.807) is 0 Å². The van der Waals surface area contributed by atoms with Gasteiger partial charge in [0.2, 0.25) is 5.91 Å². The van der Waals surface area contributed by atoms with Crippen molar-refractivity contribution in [2.24, 2.45) is 0 Å². The minimum absolute atomic E-state index is 0.0949. The lowest BCUT2D eigenvalue weighted by Gasteiger charge is -2.22. The molecule has 0 bridgehead atoms. The number of nitrogens with one attached hydrogen (secondary N) is 1. The van der Waals surface area contributed by atoms with E-state index in [2.05, 4.69) is 79.9 Å². The highest BCUT2D eigenvalue weighted by atomic mass is 16.3. The molecule has 0 aliphatic carbocycles. The van der Waals surface area contributed by atoms with Gasteiger partial charge in [0.1, 0.15) is 0 Å². The van der Waals surface area contributed by atoms with Gasteiger partial charge in [-0.05, 0) is 51.4 Å². The molecule has 0 fully saturated rings. The van der Waals surface area contributed by atoms with Gasteiger partial charge in [0, 0.05) is 6.42 Å². The summed E-state index contributed by atoms with van der Waals surface area (Å²) in [6.45, 7) is 4.16. The molecule has 0 aliphatic heterocycles. The van der Waals surface area contributed by atoms with Crippen LogP contribution in [0.1, 0.15) is 129 Å². The fraction of sp³-hybridized carbons (Fsp3) is 0.676. The Morgan fingerprint density at radius 1 is 0.658 bits per heavy atom. The summed E-state index contributed by atoms with van der Waals surface area (Å²) in [5, 5.41) is 22.8. The van der Waals surface area contributed by atoms with Gasteiger partial charge in [0.05, 0.1) is 18.8 Å². The molecule has 0 saturated carbocycles. The van der Waals surface area contributed by atoms with Crippen molar-refractivity contribution < 1.29 is 15.0 Å². The molecule has 3 N–H and O–H groups in total. The Balaban J connectivity index is 3.78. The van der Waals surface area contributed by atoms with E-state index in [-0.39, 0.29) is 12.5 Å². The molecule has 1 amide bonds. The normalized spacial score (nSPS) is 14.1. The third-order valence-corrected chi connectivity index (χ3v) is 6.54. The first-order valence-corrected chi connectivity index (χ1v) is 15.5. The predicted molar refractivity (Wildman–Crippen MR) is 165 cm³/mol. The molecule has 0 aliphatic rings. The van der Waals surface area contributed by atoms with Gasteiger partial charge >= 0.3 is 0 Å². The van der Waals surface area contributed by atoms with Gasteiger partial charge < -0.3 is 15.5 Å². The van der Waals surface area contributed by atoms with Crippen LogP contribution >= 0.6 is 0 Å². The maximum absolute atomic E-state index is 12.2. The van der Waals surface area contributed by atoms with Crippen LogP contribution in [0, 0.1) is 0 Å². The van der Waals surface area contributed by atoms with Gasteiger partial charge in [-0.25, -0.2) is 0 Å². The van der Waals surface area contributed by atoms with Crippen LogP contribution in [0.4, 0.5) is 0 Å². The molecule has 2 atom stereocenters. The minimum Gasteiger partial charge on any atom is -0.394 e. The number of aliphatic hydroxyl groups excluding tert-OH is 2. The largest absolute Gasteiger partial charge is 0.394 e. The van der Waals surface area contributed by atoms with Crippen molar-refractivity contribution >= 4 is 5.91 Å². The van der Waals surface area contributed by atoms with Gasteiger partial charge in [-0.15, -0.1) is 0 Å². The Labute approximate surface area is 235 Å². The SMILES string of the molecule is CC/C=C\C/C=C\C/C=C\C/C=C\C/C=C\CCCC(=O)NC(CO)C(O)CCCCCCCCCCC.